The standard InChI is InChI=1S/C9H9Cl/c1-4-8(5-2)7-9(10)6-3/h1,5-7H,2H2,3H3/b8-7+,9-6+. The predicted octanol–water partition coefficient (Wildman–Crippen LogP) is 2.87. The van der Waals surface area contributed by atoms with E-state index in [9.17, 15) is 0 Å². The van der Waals surface area contributed by atoms with E-state index < -0.39 is 0 Å². The van der Waals surface area contributed by atoms with E-state index in [2.05, 4.69) is 12.5 Å². The number of terminal acetylenes is 1. The monoisotopic (exact) mass is 152 g/mol. The van der Waals surface area contributed by atoms with Gasteiger partial charge >= 0.3 is 0 Å². The van der Waals surface area contributed by atoms with Gasteiger partial charge in [-0.1, -0.05) is 36.3 Å². The average Bonchev–Trinajstić information content (AvgIpc) is 1.99. The van der Waals surface area contributed by atoms with Crippen LogP contribution >= 0.6 is 11.6 Å². The molecule has 1 heteroatoms. The van der Waals surface area contributed by atoms with Crippen molar-refractivity contribution < 1.29 is 0 Å². The zero-order chi connectivity index (χ0) is 7.98. The Balaban J connectivity index is 4.44. The lowest BCUT2D eigenvalue weighted by molar-refractivity contribution is 1.66. The van der Waals surface area contributed by atoms with Crippen LogP contribution in [0.25, 0.3) is 0 Å². The van der Waals surface area contributed by atoms with Gasteiger partial charge in [0.15, 0.2) is 0 Å². The van der Waals surface area contributed by atoms with Crippen LogP contribution in [0, 0.1) is 12.3 Å². The Morgan fingerprint density at radius 1 is 1.70 bits per heavy atom. The van der Waals surface area contributed by atoms with E-state index in [1.807, 2.05) is 6.92 Å². The van der Waals surface area contributed by atoms with Crippen molar-refractivity contribution in [3.8, 4) is 12.3 Å². The maximum atomic E-state index is 5.66. The first kappa shape index (κ1) is 9.07. The summed E-state index contributed by atoms with van der Waals surface area (Å²) in [4.78, 5) is 0. The van der Waals surface area contributed by atoms with Crippen molar-refractivity contribution in [2.45, 2.75) is 6.92 Å². The van der Waals surface area contributed by atoms with Crippen molar-refractivity contribution in [3.05, 3.63) is 35.4 Å². The molecule has 0 N–H and O–H groups in total. The fraction of sp³-hybridized carbons (Fsp3) is 0.111. The van der Waals surface area contributed by atoms with Crippen LogP contribution in [-0.2, 0) is 0 Å². The van der Waals surface area contributed by atoms with Gasteiger partial charge in [-0.25, -0.2) is 0 Å². The minimum absolute atomic E-state index is 0.632. The summed E-state index contributed by atoms with van der Waals surface area (Å²) in [6.45, 7) is 5.37. The second-order valence-electron chi connectivity index (χ2n) is 1.62. The van der Waals surface area contributed by atoms with Crippen molar-refractivity contribution in [1.29, 1.82) is 0 Å². The Morgan fingerprint density at radius 2 is 2.30 bits per heavy atom. The molecule has 0 unspecified atom stereocenters. The van der Waals surface area contributed by atoms with Gasteiger partial charge in [0.25, 0.3) is 0 Å². The van der Waals surface area contributed by atoms with Crippen LogP contribution in [0.15, 0.2) is 35.4 Å². The molecule has 0 saturated carbocycles. The van der Waals surface area contributed by atoms with Gasteiger partial charge in [-0.05, 0) is 13.0 Å². The Morgan fingerprint density at radius 3 is 2.60 bits per heavy atom. The molecule has 0 aromatic carbocycles. The highest BCUT2D eigenvalue weighted by Gasteiger charge is 1.85. The van der Waals surface area contributed by atoms with Gasteiger partial charge < -0.3 is 0 Å². The van der Waals surface area contributed by atoms with Gasteiger partial charge in [0, 0.05) is 10.6 Å². The third-order valence-electron chi connectivity index (χ3n) is 0.956. The fourth-order valence-electron chi connectivity index (χ4n) is 0.391. The molecular formula is C9H9Cl. The molecule has 0 heterocycles. The quantitative estimate of drug-likeness (QED) is 0.422. The van der Waals surface area contributed by atoms with Gasteiger partial charge in [-0.3, -0.25) is 0 Å². The summed E-state index contributed by atoms with van der Waals surface area (Å²) in [5, 5.41) is 0.632. The number of hydrogen-bond acceptors (Lipinski definition) is 0. The van der Waals surface area contributed by atoms with Gasteiger partial charge in [-0.15, -0.1) is 6.42 Å². The van der Waals surface area contributed by atoms with Crippen LogP contribution in [-0.4, -0.2) is 0 Å². The van der Waals surface area contributed by atoms with E-state index in [1.54, 1.807) is 18.2 Å². The molecule has 0 aliphatic rings. The summed E-state index contributed by atoms with van der Waals surface area (Å²) in [6, 6.07) is 0. The molecule has 52 valence electrons. The Kier molecular flexibility index (Phi) is 4.45. The van der Waals surface area contributed by atoms with E-state index in [0.29, 0.717) is 10.6 Å². The SMILES string of the molecule is C#C/C(C=C)=C\C(Cl)=C/C. The first-order chi connectivity index (χ1) is 4.74. The third-order valence-corrected chi connectivity index (χ3v) is 1.28. The first-order valence-electron chi connectivity index (χ1n) is 2.87. The van der Waals surface area contributed by atoms with Crippen LogP contribution in [0.3, 0.4) is 0 Å². The molecular weight excluding hydrogens is 144 g/mol. The molecule has 0 aromatic heterocycles. The van der Waals surface area contributed by atoms with Crippen molar-refractivity contribution in [3.63, 3.8) is 0 Å². The molecule has 0 aliphatic carbocycles. The summed E-state index contributed by atoms with van der Waals surface area (Å²) in [6.07, 6.45) is 10.2. The fourth-order valence-corrected chi connectivity index (χ4v) is 0.509. The molecule has 0 nitrogen and oxygen atoms in total. The van der Waals surface area contributed by atoms with Gasteiger partial charge in [0.05, 0.1) is 0 Å². The Hall–Kier alpha value is -0.930. The normalized spacial score (nSPS) is 12.5. The predicted molar refractivity (Wildman–Crippen MR) is 46.7 cm³/mol. The van der Waals surface area contributed by atoms with Crippen LogP contribution < -0.4 is 0 Å². The first-order valence-corrected chi connectivity index (χ1v) is 3.25. The molecule has 0 radical (unpaired) electrons. The maximum absolute atomic E-state index is 5.66. The maximum Gasteiger partial charge on any atom is 0.0375 e. The molecule has 0 bridgehead atoms. The van der Waals surface area contributed by atoms with E-state index in [-0.39, 0.29) is 0 Å². The van der Waals surface area contributed by atoms with Crippen LogP contribution in [0.2, 0.25) is 0 Å². The second kappa shape index (κ2) is 4.90. The van der Waals surface area contributed by atoms with Crippen molar-refractivity contribution in [2.75, 3.05) is 0 Å². The van der Waals surface area contributed by atoms with E-state index in [1.165, 1.54) is 0 Å². The van der Waals surface area contributed by atoms with E-state index in [0.717, 1.165) is 0 Å². The van der Waals surface area contributed by atoms with E-state index in [4.69, 9.17) is 18.0 Å². The summed E-state index contributed by atoms with van der Waals surface area (Å²) in [5.74, 6) is 2.43. The number of halogens is 1. The lowest BCUT2D eigenvalue weighted by Gasteiger charge is -1.87. The van der Waals surface area contributed by atoms with Gasteiger partial charge in [-0.2, -0.15) is 0 Å². The summed E-state index contributed by atoms with van der Waals surface area (Å²) in [5.41, 5.74) is 0.697. The smallest absolute Gasteiger partial charge is 0.0375 e. The summed E-state index contributed by atoms with van der Waals surface area (Å²) in [7, 11) is 0. The molecule has 0 spiro atoms. The minimum atomic E-state index is 0.632. The Bertz CT molecular complexity index is 213. The molecule has 0 rings (SSSR count). The molecule has 10 heavy (non-hydrogen) atoms. The van der Waals surface area contributed by atoms with Crippen molar-refractivity contribution in [1.82, 2.24) is 0 Å². The molecule has 0 saturated heterocycles. The van der Waals surface area contributed by atoms with Gasteiger partial charge in [0.2, 0.25) is 0 Å². The molecule has 0 amide bonds. The summed E-state index contributed by atoms with van der Waals surface area (Å²) >= 11 is 5.66. The highest BCUT2D eigenvalue weighted by atomic mass is 35.5. The zero-order valence-electron chi connectivity index (χ0n) is 5.89. The molecule has 0 aliphatic heterocycles. The second-order valence-corrected chi connectivity index (χ2v) is 2.06. The average molecular weight is 153 g/mol. The largest absolute Gasteiger partial charge is 0.115 e. The minimum Gasteiger partial charge on any atom is -0.115 e. The topological polar surface area (TPSA) is 0 Å². The highest BCUT2D eigenvalue weighted by molar-refractivity contribution is 6.31. The van der Waals surface area contributed by atoms with E-state index >= 15 is 0 Å². The van der Waals surface area contributed by atoms with Crippen LogP contribution in [0.5, 0.6) is 0 Å². The van der Waals surface area contributed by atoms with Crippen molar-refractivity contribution in [2.24, 2.45) is 0 Å². The lowest BCUT2D eigenvalue weighted by atomic mass is 10.2. The number of hydrogen-bond donors (Lipinski definition) is 0. The lowest BCUT2D eigenvalue weighted by Crippen LogP contribution is -1.70. The number of rotatable bonds is 2. The molecule has 0 fully saturated rings. The van der Waals surface area contributed by atoms with Crippen molar-refractivity contribution >= 4 is 11.6 Å². The van der Waals surface area contributed by atoms with Crippen LogP contribution in [0.1, 0.15) is 6.92 Å². The number of allylic oxidation sites excluding steroid dienone is 5. The molecule has 0 aromatic rings. The molecule has 0 atom stereocenters. The third kappa shape index (κ3) is 3.17. The zero-order valence-corrected chi connectivity index (χ0v) is 6.65. The Labute approximate surface area is 66.9 Å². The summed E-state index contributed by atoms with van der Waals surface area (Å²) < 4.78 is 0. The highest BCUT2D eigenvalue weighted by Crippen LogP contribution is 2.06. The van der Waals surface area contributed by atoms with Crippen LogP contribution in [0.4, 0.5) is 0 Å². The van der Waals surface area contributed by atoms with Gasteiger partial charge in [0.1, 0.15) is 0 Å².